The minimum atomic E-state index is -2.44. The van der Waals surface area contributed by atoms with Gasteiger partial charge in [0.2, 0.25) is 11.5 Å². The molecular weight excluding hydrogens is 598 g/mol. The fraction of sp³-hybridized carbons (Fsp3) is 0.515. The Morgan fingerprint density at radius 1 is 1.04 bits per heavy atom. The van der Waals surface area contributed by atoms with E-state index in [1.54, 1.807) is 20.2 Å². The van der Waals surface area contributed by atoms with Crippen LogP contribution in [0.5, 0.6) is 5.75 Å². The molecule has 0 spiro atoms. The van der Waals surface area contributed by atoms with Crippen LogP contribution in [0.15, 0.2) is 34.8 Å². The first kappa shape index (κ1) is 34.4. The summed E-state index contributed by atoms with van der Waals surface area (Å²) in [4.78, 5) is 82.7. The van der Waals surface area contributed by atoms with E-state index in [9.17, 15) is 33.9 Å². The number of hydrogen-bond acceptors (Lipinski definition) is 12. The van der Waals surface area contributed by atoms with Crippen LogP contribution in [0.25, 0.3) is 0 Å². The Labute approximate surface area is 267 Å². The molecule has 2 N–H and O–H groups in total. The predicted molar refractivity (Wildman–Crippen MR) is 165 cm³/mol. The molecular formula is C33H41N3O10. The van der Waals surface area contributed by atoms with Gasteiger partial charge in [0, 0.05) is 52.0 Å². The maximum absolute atomic E-state index is 14.7. The number of amides is 2. The number of carbonyl (C=O) groups is 6. The van der Waals surface area contributed by atoms with Crippen molar-refractivity contribution in [3.05, 3.63) is 45.9 Å². The number of esters is 2. The summed E-state index contributed by atoms with van der Waals surface area (Å²) >= 11 is 0. The maximum atomic E-state index is 14.7. The first-order chi connectivity index (χ1) is 21.6. The maximum Gasteiger partial charge on any atom is 0.307 e. The van der Waals surface area contributed by atoms with Gasteiger partial charge in [-0.2, -0.15) is 0 Å². The van der Waals surface area contributed by atoms with E-state index in [2.05, 4.69) is 0 Å². The molecule has 1 aromatic rings. The lowest BCUT2D eigenvalue weighted by Crippen LogP contribution is -2.64. The number of anilines is 1. The van der Waals surface area contributed by atoms with Crippen molar-refractivity contribution < 1.29 is 48.1 Å². The van der Waals surface area contributed by atoms with Crippen LogP contribution in [0, 0.1) is 11.8 Å². The van der Waals surface area contributed by atoms with E-state index in [1.165, 1.54) is 4.90 Å². The minimum Gasteiger partial charge on any atom is -0.507 e. The monoisotopic (exact) mass is 639 g/mol. The molecule has 0 saturated carbocycles. The fourth-order valence-corrected chi connectivity index (χ4v) is 6.91. The summed E-state index contributed by atoms with van der Waals surface area (Å²) in [5, 5.41) is 13.9. The molecule has 0 bridgehead atoms. The van der Waals surface area contributed by atoms with E-state index >= 15 is 0 Å². The normalized spacial score (nSPS) is 23.7. The molecule has 4 rings (SSSR count). The van der Waals surface area contributed by atoms with E-state index in [1.807, 2.05) is 37.3 Å². The van der Waals surface area contributed by atoms with Gasteiger partial charge in [-0.3, -0.25) is 39.0 Å². The number of imide groups is 1. The molecule has 1 unspecified atom stereocenters. The fourth-order valence-electron chi connectivity index (χ4n) is 6.91. The molecule has 0 heterocycles. The van der Waals surface area contributed by atoms with Crippen LogP contribution in [0.2, 0.25) is 0 Å². The third kappa shape index (κ3) is 5.79. The molecule has 3 aliphatic carbocycles. The summed E-state index contributed by atoms with van der Waals surface area (Å²) in [7, 11) is 6.83. The molecule has 2 amide bonds. The van der Waals surface area contributed by atoms with Crippen molar-refractivity contribution in [1.29, 1.82) is 0 Å². The van der Waals surface area contributed by atoms with Crippen LogP contribution in [0.1, 0.15) is 62.9 Å². The van der Waals surface area contributed by atoms with Gasteiger partial charge in [-0.15, -0.1) is 0 Å². The van der Waals surface area contributed by atoms with Crippen LogP contribution in [-0.4, -0.2) is 91.8 Å². The number of nitrogens with one attached hydrogen (secondary N) is 1. The van der Waals surface area contributed by atoms with E-state index in [0.717, 1.165) is 39.3 Å². The quantitative estimate of drug-likeness (QED) is 0.230. The molecule has 4 atom stereocenters. The molecule has 248 valence electrons. The number of nitrogens with zero attached hydrogens (tertiary/aromatic N) is 2. The molecule has 0 fully saturated rings. The third-order valence-corrected chi connectivity index (χ3v) is 8.57. The molecule has 13 heteroatoms. The number of unbranched alkanes of at least 4 members (excludes halogenated alkanes) is 1. The number of rotatable bonds is 9. The number of hydrogen-bond donors (Lipinski definition) is 2. The zero-order chi connectivity index (χ0) is 34.2. The highest BCUT2D eigenvalue weighted by atomic mass is 16.6. The second-order valence-electron chi connectivity index (χ2n) is 12.3. The summed E-state index contributed by atoms with van der Waals surface area (Å²) in [5.41, 5.74) is -1.62. The number of ketones is 2. The number of aliphatic hydroxyl groups excluding tert-OH is 1. The number of benzene rings is 1. The highest BCUT2D eigenvalue weighted by Gasteiger charge is 2.66. The average Bonchev–Trinajstić information content (AvgIpc) is 2.93. The number of carbonyl (C=O) groups excluding carboxylic acids is 6. The second kappa shape index (κ2) is 13.1. The van der Waals surface area contributed by atoms with Gasteiger partial charge < -0.3 is 24.2 Å². The van der Waals surface area contributed by atoms with Gasteiger partial charge >= 0.3 is 11.9 Å². The largest absolute Gasteiger partial charge is 0.507 e. The molecule has 0 aliphatic heterocycles. The van der Waals surface area contributed by atoms with Crippen LogP contribution in [0.3, 0.4) is 0 Å². The topological polar surface area (TPSA) is 169 Å². The predicted octanol–water partition coefficient (Wildman–Crippen LogP) is 2.41. The van der Waals surface area contributed by atoms with E-state index < -0.39 is 75.9 Å². The van der Waals surface area contributed by atoms with Gasteiger partial charge in [-0.05, 0) is 57.0 Å². The molecule has 1 aromatic carbocycles. The van der Waals surface area contributed by atoms with Gasteiger partial charge in [0.25, 0.3) is 5.91 Å². The molecule has 13 nitrogen and oxygen atoms in total. The van der Waals surface area contributed by atoms with Crippen LogP contribution < -0.4 is 15.0 Å². The lowest BCUT2D eigenvalue weighted by Gasteiger charge is -2.52. The van der Waals surface area contributed by atoms with Gasteiger partial charge in [0.15, 0.2) is 23.1 Å². The SMILES string of the molecule is CCCCOc1ccc(N(C)C)c2c1C(=O)C1=C(OC(C)=O)[C@]3(OC(C)=O)C(O)=C(C(=O)NC(C)=O)C(=O)C(N(C)C)[C@@H]3C[C@@H]1C2. The van der Waals surface area contributed by atoms with Crippen molar-refractivity contribution >= 4 is 41.0 Å². The summed E-state index contributed by atoms with van der Waals surface area (Å²) in [6.45, 7) is 5.54. The minimum absolute atomic E-state index is 0.0204. The number of allylic oxidation sites excluding steroid dienone is 1. The Kier molecular flexibility index (Phi) is 9.76. The number of Topliss-reactive ketones (excluding diaryl/α,β-unsaturated/α-hetero) is 2. The smallest absolute Gasteiger partial charge is 0.307 e. The summed E-state index contributed by atoms with van der Waals surface area (Å²) in [6.07, 6.45) is 1.89. The Hall–Kier alpha value is -4.52. The lowest BCUT2D eigenvalue weighted by molar-refractivity contribution is -0.176. The van der Waals surface area contributed by atoms with Crippen molar-refractivity contribution in [3.63, 3.8) is 0 Å². The highest BCUT2D eigenvalue weighted by Crippen LogP contribution is 2.56. The Morgan fingerprint density at radius 2 is 1.72 bits per heavy atom. The number of likely N-dealkylation sites (N-methyl/N-ethyl adjacent to an activating group) is 1. The van der Waals surface area contributed by atoms with E-state index in [0.29, 0.717) is 17.9 Å². The summed E-state index contributed by atoms with van der Waals surface area (Å²) in [6, 6.07) is 2.36. The Morgan fingerprint density at radius 3 is 2.26 bits per heavy atom. The number of fused-ring (bicyclic) bond motifs is 3. The van der Waals surface area contributed by atoms with Crippen LogP contribution >= 0.6 is 0 Å². The van der Waals surface area contributed by atoms with Crippen molar-refractivity contribution in [2.24, 2.45) is 11.8 Å². The third-order valence-electron chi connectivity index (χ3n) is 8.57. The first-order valence-electron chi connectivity index (χ1n) is 15.2. The molecule has 46 heavy (non-hydrogen) atoms. The first-order valence-corrected chi connectivity index (χ1v) is 15.2. The van der Waals surface area contributed by atoms with Crippen molar-refractivity contribution in [2.45, 2.75) is 65.0 Å². The van der Waals surface area contributed by atoms with Gasteiger partial charge in [0.05, 0.1) is 18.2 Å². The van der Waals surface area contributed by atoms with Crippen molar-refractivity contribution in [1.82, 2.24) is 10.2 Å². The highest BCUT2D eigenvalue weighted by molar-refractivity contribution is 6.25. The van der Waals surface area contributed by atoms with Gasteiger partial charge in [0.1, 0.15) is 11.3 Å². The molecule has 0 aromatic heterocycles. The zero-order valence-electron chi connectivity index (χ0n) is 27.4. The molecule has 3 aliphatic rings. The Bertz CT molecular complexity index is 1570. The van der Waals surface area contributed by atoms with Gasteiger partial charge in [-0.1, -0.05) is 13.3 Å². The average molecular weight is 640 g/mol. The van der Waals surface area contributed by atoms with Crippen molar-refractivity contribution in [3.8, 4) is 5.75 Å². The van der Waals surface area contributed by atoms with Crippen LogP contribution in [0.4, 0.5) is 5.69 Å². The number of ether oxygens (including phenoxy) is 3. The van der Waals surface area contributed by atoms with Crippen molar-refractivity contribution in [2.75, 3.05) is 39.7 Å². The van der Waals surface area contributed by atoms with E-state index in [4.69, 9.17) is 14.2 Å². The van der Waals surface area contributed by atoms with Gasteiger partial charge in [-0.25, -0.2) is 0 Å². The zero-order valence-corrected chi connectivity index (χ0v) is 27.4. The van der Waals surface area contributed by atoms with E-state index in [-0.39, 0.29) is 24.0 Å². The Balaban J connectivity index is 2.13. The second-order valence-corrected chi connectivity index (χ2v) is 12.3. The number of aliphatic hydroxyl groups is 1. The summed E-state index contributed by atoms with van der Waals surface area (Å²) < 4.78 is 17.7. The standard InChI is InChI=1S/C33H41N3O10/c1-9-10-13-44-23-12-11-22(35(5)6)20-14-19-15-21-27(36(7)8)29(41)26(32(43)34-16(2)37)30(42)33(21,46-18(4)39)31(45-17(3)38)24(19)28(40)25(20)23/h11-12,19,21,27,42H,9-10,13-15H2,1-8H3,(H,34,37,43)/t19-,21-,27?,33+/m0/s1. The lowest BCUT2D eigenvalue weighted by atomic mass is 9.58. The molecule has 0 radical (unpaired) electrons. The summed E-state index contributed by atoms with van der Waals surface area (Å²) in [5.74, 6) is -8.23. The molecule has 0 saturated heterocycles. The van der Waals surface area contributed by atoms with Crippen LogP contribution in [-0.2, 0) is 39.9 Å².